The van der Waals surface area contributed by atoms with Gasteiger partial charge >= 0.3 is 0 Å². The van der Waals surface area contributed by atoms with Crippen LogP contribution in [0.4, 0.5) is 5.69 Å². The number of hydrogen-bond acceptors (Lipinski definition) is 3. The van der Waals surface area contributed by atoms with E-state index in [9.17, 15) is 4.79 Å². The largest absolute Gasteiger partial charge is 0.379 e. The first-order valence-corrected chi connectivity index (χ1v) is 6.09. The van der Waals surface area contributed by atoms with Gasteiger partial charge in [0.2, 0.25) is 0 Å². The predicted molar refractivity (Wildman–Crippen MR) is 74.3 cm³/mol. The molecule has 0 radical (unpaired) electrons. The predicted octanol–water partition coefficient (Wildman–Crippen LogP) is 2.57. The van der Waals surface area contributed by atoms with Crippen LogP contribution in [0.3, 0.4) is 0 Å². The normalized spacial score (nSPS) is 9.82. The van der Waals surface area contributed by atoms with E-state index in [-0.39, 0.29) is 5.56 Å². The van der Waals surface area contributed by atoms with Crippen molar-refractivity contribution in [3.63, 3.8) is 0 Å². The first-order valence-electron chi connectivity index (χ1n) is 5.30. The number of anilines is 1. The van der Waals surface area contributed by atoms with Crippen molar-refractivity contribution in [1.29, 1.82) is 0 Å². The number of nitrogens with zero attached hydrogens (tertiary/aromatic N) is 2. The van der Waals surface area contributed by atoms with Crippen molar-refractivity contribution in [3.05, 3.63) is 45.3 Å². The Kier molecular flexibility index (Phi) is 5.15. The van der Waals surface area contributed by atoms with Crippen LogP contribution in [0.1, 0.15) is 13.8 Å². The van der Waals surface area contributed by atoms with Crippen LogP contribution >= 0.6 is 15.9 Å². The van der Waals surface area contributed by atoms with E-state index in [0.29, 0.717) is 23.2 Å². The maximum Gasteiger partial charge on any atom is 0.283 e. The van der Waals surface area contributed by atoms with Crippen LogP contribution in [0, 0.1) is 0 Å². The fourth-order valence-corrected chi connectivity index (χ4v) is 1.65. The Morgan fingerprint density at radius 1 is 1.65 bits per heavy atom. The Balaban J connectivity index is 2.89. The minimum absolute atomic E-state index is 0.160. The van der Waals surface area contributed by atoms with Crippen LogP contribution in [-0.2, 0) is 6.54 Å². The van der Waals surface area contributed by atoms with Gasteiger partial charge in [-0.1, -0.05) is 17.7 Å². The summed E-state index contributed by atoms with van der Waals surface area (Å²) in [6.07, 6.45) is 5.31. The van der Waals surface area contributed by atoms with E-state index < -0.39 is 0 Å². The highest BCUT2D eigenvalue weighted by molar-refractivity contribution is 9.10. The molecular formula is C12H16BrN3O. The lowest BCUT2D eigenvalue weighted by Gasteiger charge is -2.08. The molecule has 0 aliphatic heterocycles. The van der Waals surface area contributed by atoms with Crippen LogP contribution in [-0.4, -0.2) is 16.3 Å². The third-order valence-corrected chi connectivity index (χ3v) is 2.86. The first-order chi connectivity index (χ1) is 8.06. The van der Waals surface area contributed by atoms with Crippen molar-refractivity contribution < 1.29 is 0 Å². The summed E-state index contributed by atoms with van der Waals surface area (Å²) in [6, 6.07) is 0. The van der Waals surface area contributed by atoms with Crippen molar-refractivity contribution in [3.8, 4) is 0 Å². The van der Waals surface area contributed by atoms with Gasteiger partial charge in [0, 0.05) is 6.54 Å². The maximum absolute atomic E-state index is 11.8. The van der Waals surface area contributed by atoms with Crippen LogP contribution in [0.15, 0.2) is 39.8 Å². The maximum atomic E-state index is 11.8. The molecule has 0 amide bonds. The van der Waals surface area contributed by atoms with E-state index in [1.165, 1.54) is 10.3 Å². The molecule has 0 aromatic carbocycles. The zero-order chi connectivity index (χ0) is 12.8. The van der Waals surface area contributed by atoms with Gasteiger partial charge in [-0.15, -0.1) is 6.58 Å². The third-order valence-electron chi connectivity index (χ3n) is 2.09. The van der Waals surface area contributed by atoms with Gasteiger partial charge in [0.25, 0.3) is 5.56 Å². The third kappa shape index (κ3) is 3.85. The van der Waals surface area contributed by atoms with Gasteiger partial charge in [-0.2, -0.15) is 5.10 Å². The van der Waals surface area contributed by atoms with Crippen LogP contribution in [0.2, 0.25) is 0 Å². The van der Waals surface area contributed by atoms with E-state index in [0.717, 1.165) is 0 Å². The van der Waals surface area contributed by atoms with Gasteiger partial charge in [-0.25, -0.2) is 4.68 Å². The van der Waals surface area contributed by atoms with Gasteiger partial charge in [0.1, 0.15) is 4.47 Å². The van der Waals surface area contributed by atoms with Gasteiger partial charge in [-0.3, -0.25) is 4.79 Å². The highest BCUT2D eigenvalue weighted by Crippen LogP contribution is 2.15. The molecule has 0 bridgehead atoms. The lowest BCUT2D eigenvalue weighted by atomic mass is 10.3. The molecule has 0 aliphatic rings. The number of aromatic nitrogens is 2. The minimum atomic E-state index is -0.160. The van der Waals surface area contributed by atoms with Crippen molar-refractivity contribution in [2.75, 3.05) is 11.9 Å². The van der Waals surface area contributed by atoms with E-state index in [1.807, 2.05) is 19.9 Å². The molecule has 1 aromatic heterocycles. The number of halogens is 1. The molecule has 0 fully saturated rings. The molecule has 1 aromatic rings. The van der Waals surface area contributed by atoms with Crippen molar-refractivity contribution in [1.82, 2.24) is 9.78 Å². The van der Waals surface area contributed by atoms with Crippen LogP contribution in [0.5, 0.6) is 0 Å². The Hall–Kier alpha value is -1.36. The van der Waals surface area contributed by atoms with Gasteiger partial charge < -0.3 is 5.32 Å². The smallest absolute Gasteiger partial charge is 0.283 e. The Labute approximate surface area is 109 Å². The molecule has 0 spiro atoms. The number of rotatable bonds is 5. The molecule has 17 heavy (non-hydrogen) atoms. The summed E-state index contributed by atoms with van der Waals surface area (Å²) in [5.74, 6) is 0. The zero-order valence-electron chi connectivity index (χ0n) is 10.0. The summed E-state index contributed by atoms with van der Waals surface area (Å²) in [7, 11) is 0. The summed E-state index contributed by atoms with van der Waals surface area (Å²) in [4.78, 5) is 11.8. The topological polar surface area (TPSA) is 46.9 Å². The molecule has 0 saturated heterocycles. The van der Waals surface area contributed by atoms with E-state index >= 15 is 0 Å². The molecule has 92 valence electrons. The second-order valence-corrected chi connectivity index (χ2v) is 4.60. The first kappa shape index (κ1) is 13.7. The monoisotopic (exact) mass is 297 g/mol. The average Bonchev–Trinajstić information content (AvgIpc) is 2.28. The number of nitrogens with one attached hydrogen (secondary N) is 1. The Bertz CT molecular complexity index is 487. The summed E-state index contributed by atoms with van der Waals surface area (Å²) >= 11 is 3.28. The van der Waals surface area contributed by atoms with Gasteiger partial charge in [-0.05, 0) is 29.8 Å². The number of allylic oxidation sites excluding steroid dienone is 2. The fraction of sp³-hybridized carbons (Fsp3) is 0.333. The summed E-state index contributed by atoms with van der Waals surface area (Å²) in [5.41, 5.74) is 1.77. The molecule has 1 N–H and O–H groups in total. The van der Waals surface area contributed by atoms with Gasteiger partial charge in [0.05, 0.1) is 18.4 Å². The summed E-state index contributed by atoms with van der Waals surface area (Å²) < 4.78 is 1.85. The molecule has 1 rings (SSSR count). The summed E-state index contributed by atoms with van der Waals surface area (Å²) in [6.45, 7) is 8.71. The SMILES string of the molecule is C=CCn1ncc(NCC=C(C)C)c(Br)c1=O. The molecule has 5 heteroatoms. The van der Waals surface area contributed by atoms with Crippen LogP contribution < -0.4 is 10.9 Å². The lowest BCUT2D eigenvalue weighted by Crippen LogP contribution is -2.24. The highest BCUT2D eigenvalue weighted by atomic mass is 79.9. The van der Waals surface area contributed by atoms with Crippen molar-refractivity contribution in [2.24, 2.45) is 0 Å². The second kappa shape index (κ2) is 6.39. The number of hydrogen-bond donors (Lipinski definition) is 1. The zero-order valence-corrected chi connectivity index (χ0v) is 11.6. The molecule has 0 aliphatic carbocycles. The summed E-state index contributed by atoms with van der Waals surface area (Å²) in [5, 5.41) is 7.18. The van der Waals surface area contributed by atoms with Crippen molar-refractivity contribution in [2.45, 2.75) is 20.4 Å². The van der Waals surface area contributed by atoms with Crippen molar-refractivity contribution >= 4 is 21.6 Å². The molecular weight excluding hydrogens is 282 g/mol. The van der Waals surface area contributed by atoms with E-state index in [2.05, 4.69) is 32.9 Å². The van der Waals surface area contributed by atoms with E-state index in [1.54, 1.807) is 12.3 Å². The van der Waals surface area contributed by atoms with E-state index in [4.69, 9.17) is 0 Å². The Morgan fingerprint density at radius 2 is 2.35 bits per heavy atom. The molecule has 1 heterocycles. The lowest BCUT2D eigenvalue weighted by molar-refractivity contribution is 0.649. The molecule has 0 atom stereocenters. The standard InChI is InChI=1S/C12H16BrN3O/c1-4-7-16-12(17)11(13)10(8-15-16)14-6-5-9(2)3/h4-5,8,14H,1,6-7H2,2-3H3. The minimum Gasteiger partial charge on any atom is -0.379 e. The second-order valence-electron chi connectivity index (χ2n) is 3.81. The quantitative estimate of drug-likeness (QED) is 0.850. The molecule has 4 nitrogen and oxygen atoms in total. The highest BCUT2D eigenvalue weighted by Gasteiger charge is 2.06. The molecule has 0 saturated carbocycles. The average molecular weight is 298 g/mol. The Morgan fingerprint density at radius 3 is 2.94 bits per heavy atom. The fourth-order valence-electron chi connectivity index (χ4n) is 1.21. The van der Waals surface area contributed by atoms with Crippen LogP contribution in [0.25, 0.3) is 0 Å². The van der Waals surface area contributed by atoms with Gasteiger partial charge in [0.15, 0.2) is 0 Å². The molecule has 0 unspecified atom stereocenters.